The second kappa shape index (κ2) is 7.66. The van der Waals surface area contributed by atoms with Gasteiger partial charge in [-0.3, -0.25) is 4.79 Å². The van der Waals surface area contributed by atoms with Crippen LogP contribution in [0.1, 0.15) is 30.1 Å². The Labute approximate surface area is 133 Å². The molecule has 118 valence electrons. The molecule has 21 heavy (non-hydrogen) atoms. The lowest BCUT2D eigenvalue weighted by atomic mass is 9.92. The molecule has 1 aromatic rings. The highest BCUT2D eigenvalue weighted by atomic mass is 35.5. The van der Waals surface area contributed by atoms with Crippen LogP contribution in [0.2, 0.25) is 0 Å². The molecule has 0 spiro atoms. The maximum absolute atomic E-state index is 12.7. The number of rotatable bonds is 3. The van der Waals surface area contributed by atoms with Crippen molar-refractivity contribution in [1.29, 1.82) is 0 Å². The average Bonchev–Trinajstić information content (AvgIpc) is 2.46. The number of carbonyl (C=O) groups is 1. The van der Waals surface area contributed by atoms with E-state index < -0.39 is 0 Å². The van der Waals surface area contributed by atoms with E-state index in [0.29, 0.717) is 12.5 Å². The molecule has 0 radical (unpaired) electrons. The van der Waals surface area contributed by atoms with Crippen molar-refractivity contribution in [1.82, 2.24) is 4.90 Å². The minimum Gasteiger partial charge on any atom is -0.378 e. The Hall–Kier alpha value is -1.26. The standard InChI is InChI=1S/C16H25N3O.ClH/c1-12-7-8-19(15(9-12)11-17)16(20)13-5-4-6-14(10-13)18(2)3;/h4-6,10,12,15H,7-9,11,17H2,1-3H3;1H. The summed E-state index contributed by atoms with van der Waals surface area (Å²) in [5.74, 6) is 0.761. The maximum atomic E-state index is 12.7. The molecule has 1 fully saturated rings. The molecule has 1 amide bonds. The van der Waals surface area contributed by atoms with Crippen molar-refractivity contribution in [2.24, 2.45) is 11.7 Å². The summed E-state index contributed by atoms with van der Waals surface area (Å²) in [7, 11) is 3.96. The van der Waals surface area contributed by atoms with Crippen molar-refractivity contribution in [2.75, 3.05) is 32.1 Å². The van der Waals surface area contributed by atoms with Crippen molar-refractivity contribution in [3.05, 3.63) is 29.8 Å². The molecule has 1 aromatic carbocycles. The van der Waals surface area contributed by atoms with Gasteiger partial charge in [0, 0.05) is 44.5 Å². The normalized spacial score (nSPS) is 21.6. The van der Waals surface area contributed by atoms with Gasteiger partial charge in [-0.25, -0.2) is 0 Å². The molecular weight excluding hydrogens is 286 g/mol. The SMILES string of the molecule is CC1CCN(C(=O)c2cccc(N(C)C)c2)C(CN)C1.Cl. The van der Waals surface area contributed by atoms with Crippen LogP contribution in [0.3, 0.4) is 0 Å². The number of nitrogens with two attached hydrogens (primary N) is 1. The molecule has 5 heteroatoms. The van der Waals surface area contributed by atoms with Crippen molar-refractivity contribution in [3.8, 4) is 0 Å². The maximum Gasteiger partial charge on any atom is 0.254 e. The van der Waals surface area contributed by atoms with Crippen LogP contribution in [-0.2, 0) is 0 Å². The first-order valence-corrected chi connectivity index (χ1v) is 7.31. The van der Waals surface area contributed by atoms with Crippen LogP contribution in [0.4, 0.5) is 5.69 Å². The third kappa shape index (κ3) is 4.11. The summed E-state index contributed by atoms with van der Waals surface area (Å²) < 4.78 is 0. The largest absolute Gasteiger partial charge is 0.378 e. The molecule has 2 unspecified atom stereocenters. The highest BCUT2D eigenvalue weighted by Gasteiger charge is 2.29. The van der Waals surface area contributed by atoms with Gasteiger partial charge in [-0.05, 0) is 37.0 Å². The fourth-order valence-corrected chi connectivity index (χ4v) is 2.83. The Morgan fingerprint density at radius 3 is 2.76 bits per heavy atom. The Bertz CT molecular complexity index is 478. The number of piperidine rings is 1. The van der Waals surface area contributed by atoms with Gasteiger partial charge in [0.05, 0.1) is 0 Å². The molecule has 1 aliphatic rings. The Morgan fingerprint density at radius 2 is 2.14 bits per heavy atom. The first kappa shape index (κ1) is 17.8. The molecule has 4 nitrogen and oxygen atoms in total. The fraction of sp³-hybridized carbons (Fsp3) is 0.562. The van der Waals surface area contributed by atoms with Crippen LogP contribution >= 0.6 is 12.4 Å². The van der Waals surface area contributed by atoms with Gasteiger partial charge < -0.3 is 15.5 Å². The van der Waals surface area contributed by atoms with E-state index in [0.717, 1.165) is 30.6 Å². The Morgan fingerprint density at radius 1 is 1.43 bits per heavy atom. The zero-order chi connectivity index (χ0) is 14.7. The molecular formula is C16H26ClN3O. The summed E-state index contributed by atoms with van der Waals surface area (Å²) >= 11 is 0. The number of benzene rings is 1. The van der Waals surface area contributed by atoms with Crippen LogP contribution in [-0.4, -0.2) is 44.0 Å². The summed E-state index contributed by atoms with van der Waals surface area (Å²) in [6.07, 6.45) is 2.07. The molecule has 1 heterocycles. The first-order chi connectivity index (χ1) is 9.52. The van der Waals surface area contributed by atoms with Gasteiger partial charge in [-0.1, -0.05) is 13.0 Å². The third-order valence-corrected chi connectivity index (χ3v) is 4.12. The van der Waals surface area contributed by atoms with Gasteiger partial charge in [0.15, 0.2) is 0 Å². The van der Waals surface area contributed by atoms with E-state index in [2.05, 4.69) is 6.92 Å². The minimum atomic E-state index is 0. The molecule has 2 rings (SSSR count). The second-order valence-electron chi connectivity index (χ2n) is 5.96. The van der Waals surface area contributed by atoms with Crippen LogP contribution < -0.4 is 10.6 Å². The van der Waals surface area contributed by atoms with E-state index in [1.54, 1.807) is 0 Å². The van der Waals surface area contributed by atoms with E-state index in [1.165, 1.54) is 0 Å². The van der Waals surface area contributed by atoms with Crippen LogP contribution in [0.25, 0.3) is 0 Å². The number of hydrogen-bond acceptors (Lipinski definition) is 3. The molecule has 0 saturated carbocycles. The quantitative estimate of drug-likeness (QED) is 0.932. The number of nitrogens with zero attached hydrogens (tertiary/aromatic N) is 2. The molecule has 2 atom stereocenters. The Balaban J connectivity index is 0.00000220. The van der Waals surface area contributed by atoms with E-state index in [-0.39, 0.29) is 24.4 Å². The summed E-state index contributed by atoms with van der Waals surface area (Å²) in [5, 5.41) is 0. The smallest absolute Gasteiger partial charge is 0.254 e. The van der Waals surface area contributed by atoms with Crippen molar-refractivity contribution >= 4 is 24.0 Å². The van der Waals surface area contributed by atoms with Crippen LogP contribution in [0.15, 0.2) is 24.3 Å². The van der Waals surface area contributed by atoms with Crippen LogP contribution in [0.5, 0.6) is 0 Å². The van der Waals surface area contributed by atoms with Gasteiger partial charge in [0.2, 0.25) is 0 Å². The number of halogens is 1. The predicted octanol–water partition coefficient (Wildman–Crippen LogP) is 2.37. The van der Waals surface area contributed by atoms with Crippen LogP contribution in [0, 0.1) is 5.92 Å². The average molecular weight is 312 g/mol. The zero-order valence-corrected chi connectivity index (χ0v) is 13.9. The predicted molar refractivity (Wildman–Crippen MR) is 90.3 cm³/mol. The van der Waals surface area contributed by atoms with E-state index in [4.69, 9.17) is 5.73 Å². The lowest BCUT2D eigenvalue weighted by Crippen LogP contribution is -2.49. The molecule has 0 aromatic heterocycles. The van der Waals surface area contributed by atoms with E-state index >= 15 is 0 Å². The van der Waals surface area contributed by atoms with Gasteiger partial charge in [-0.15, -0.1) is 12.4 Å². The minimum absolute atomic E-state index is 0. The summed E-state index contributed by atoms with van der Waals surface area (Å²) in [6.45, 7) is 3.59. The monoisotopic (exact) mass is 311 g/mol. The number of anilines is 1. The molecule has 0 bridgehead atoms. The molecule has 1 aliphatic heterocycles. The van der Waals surface area contributed by atoms with Gasteiger partial charge in [-0.2, -0.15) is 0 Å². The zero-order valence-electron chi connectivity index (χ0n) is 13.1. The summed E-state index contributed by atoms with van der Waals surface area (Å²) in [6, 6.07) is 7.96. The van der Waals surface area contributed by atoms with Crippen molar-refractivity contribution in [3.63, 3.8) is 0 Å². The topological polar surface area (TPSA) is 49.6 Å². The lowest BCUT2D eigenvalue weighted by molar-refractivity contribution is 0.0573. The summed E-state index contributed by atoms with van der Waals surface area (Å²) in [5.41, 5.74) is 7.65. The highest BCUT2D eigenvalue weighted by Crippen LogP contribution is 2.24. The highest BCUT2D eigenvalue weighted by molar-refractivity contribution is 5.95. The van der Waals surface area contributed by atoms with Gasteiger partial charge in [0.1, 0.15) is 0 Å². The number of hydrogen-bond donors (Lipinski definition) is 1. The first-order valence-electron chi connectivity index (χ1n) is 7.31. The number of likely N-dealkylation sites (tertiary alicyclic amines) is 1. The Kier molecular flexibility index (Phi) is 6.49. The van der Waals surface area contributed by atoms with Crippen molar-refractivity contribution < 1.29 is 4.79 Å². The van der Waals surface area contributed by atoms with Crippen molar-refractivity contribution in [2.45, 2.75) is 25.8 Å². The molecule has 0 aliphatic carbocycles. The van der Waals surface area contributed by atoms with Gasteiger partial charge in [0.25, 0.3) is 5.91 Å². The number of amides is 1. The summed E-state index contributed by atoms with van der Waals surface area (Å²) in [4.78, 5) is 16.7. The molecule has 2 N–H and O–H groups in total. The second-order valence-corrected chi connectivity index (χ2v) is 5.96. The molecule has 1 saturated heterocycles. The fourth-order valence-electron chi connectivity index (χ4n) is 2.83. The van der Waals surface area contributed by atoms with E-state index in [9.17, 15) is 4.79 Å². The lowest BCUT2D eigenvalue weighted by Gasteiger charge is -2.38. The number of carbonyl (C=O) groups excluding carboxylic acids is 1. The van der Waals surface area contributed by atoms with Gasteiger partial charge >= 0.3 is 0 Å². The third-order valence-electron chi connectivity index (χ3n) is 4.12. The van der Waals surface area contributed by atoms with E-state index in [1.807, 2.05) is 48.2 Å².